The third kappa shape index (κ3) is 6.79. The van der Waals surface area contributed by atoms with Crippen LogP contribution in [0.25, 0.3) is 0 Å². The number of anilines is 1. The van der Waals surface area contributed by atoms with Crippen molar-refractivity contribution in [2.45, 2.75) is 25.9 Å². The van der Waals surface area contributed by atoms with Crippen molar-refractivity contribution < 1.29 is 28.6 Å². The van der Waals surface area contributed by atoms with Crippen molar-refractivity contribution in [2.75, 3.05) is 11.9 Å². The molecule has 0 radical (unpaired) electrons. The van der Waals surface area contributed by atoms with Crippen molar-refractivity contribution in [3.63, 3.8) is 0 Å². The van der Waals surface area contributed by atoms with E-state index in [1.807, 2.05) is 0 Å². The molecule has 144 valence electrons. The maximum Gasteiger partial charge on any atom is 0.303 e. The number of benzene rings is 2. The van der Waals surface area contributed by atoms with E-state index in [0.29, 0.717) is 24.5 Å². The number of aliphatic carboxylic acids is 1. The topological polar surface area (TPSA) is 84.9 Å². The van der Waals surface area contributed by atoms with Crippen LogP contribution in [0.5, 0.6) is 11.5 Å². The number of carbonyl (C=O) groups excluding carboxylic acids is 1. The fourth-order valence-corrected chi connectivity index (χ4v) is 2.32. The highest BCUT2D eigenvalue weighted by Gasteiger charge is 2.16. The summed E-state index contributed by atoms with van der Waals surface area (Å²) in [5.41, 5.74) is 0.540. The van der Waals surface area contributed by atoms with Crippen LogP contribution in [-0.4, -0.2) is 29.7 Å². The Labute approximate surface area is 160 Å². The van der Waals surface area contributed by atoms with E-state index in [1.165, 1.54) is 12.1 Å². The number of carboxylic acid groups (broad SMARTS) is 1. The first-order valence-electron chi connectivity index (χ1n) is 8.22. The van der Waals surface area contributed by atoms with Crippen LogP contribution in [0.1, 0.15) is 19.8 Å². The van der Waals surface area contributed by atoms with Gasteiger partial charge in [-0.05, 0) is 55.8 Å². The van der Waals surface area contributed by atoms with Crippen LogP contribution >= 0.6 is 11.6 Å². The molecule has 1 atom stereocenters. The van der Waals surface area contributed by atoms with Crippen LogP contribution in [0.15, 0.2) is 42.5 Å². The zero-order valence-electron chi connectivity index (χ0n) is 14.6. The minimum Gasteiger partial charge on any atom is -0.494 e. The lowest BCUT2D eigenvalue weighted by Crippen LogP contribution is -2.30. The van der Waals surface area contributed by atoms with E-state index in [4.69, 9.17) is 26.2 Å². The third-order valence-electron chi connectivity index (χ3n) is 3.49. The molecule has 0 bridgehead atoms. The standard InChI is InChI=1S/C19H19ClFNO5/c1-12(27-17-9-4-13(21)11-16(17)20)19(25)22-14-5-7-15(8-6-14)26-10-2-3-18(23)24/h4-9,11-12H,2-3,10H2,1H3,(H,22,25)(H,23,24). The van der Waals surface area contributed by atoms with E-state index in [-0.39, 0.29) is 17.2 Å². The molecule has 0 spiro atoms. The van der Waals surface area contributed by atoms with E-state index in [2.05, 4.69) is 5.32 Å². The van der Waals surface area contributed by atoms with E-state index in [1.54, 1.807) is 31.2 Å². The first-order chi connectivity index (χ1) is 12.8. The molecule has 2 rings (SSSR count). The number of hydrogen-bond acceptors (Lipinski definition) is 4. The molecular formula is C19H19ClFNO5. The average Bonchev–Trinajstić information content (AvgIpc) is 2.62. The van der Waals surface area contributed by atoms with Gasteiger partial charge in [0.25, 0.3) is 5.91 Å². The van der Waals surface area contributed by atoms with Gasteiger partial charge in [-0.2, -0.15) is 0 Å². The van der Waals surface area contributed by atoms with Gasteiger partial charge in [-0.3, -0.25) is 9.59 Å². The molecule has 2 aromatic rings. The second-order valence-electron chi connectivity index (χ2n) is 5.69. The van der Waals surface area contributed by atoms with Gasteiger partial charge >= 0.3 is 5.97 Å². The quantitative estimate of drug-likeness (QED) is 0.623. The summed E-state index contributed by atoms with van der Waals surface area (Å²) in [6.45, 7) is 1.84. The molecule has 2 N–H and O–H groups in total. The van der Waals surface area contributed by atoms with Crippen molar-refractivity contribution >= 4 is 29.2 Å². The third-order valence-corrected chi connectivity index (χ3v) is 3.79. The fourth-order valence-electron chi connectivity index (χ4n) is 2.11. The van der Waals surface area contributed by atoms with Crippen LogP contribution < -0.4 is 14.8 Å². The molecule has 0 saturated carbocycles. The molecule has 0 aromatic heterocycles. The first kappa shape index (κ1) is 20.5. The first-order valence-corrected chi connectivity index (χ1v) is 8.60. The van der Waals surface area contributed by atoms with Gasteiger partial charge in [0.2, 0.25) is 0 Å². The lowest BCUT2D eigenvalue weighted by molar-refractivity contribution is -0.137. The molecule has 0 fully saturated rings. The second-order valence-corrected chi connectivity index (χ2v) is 6.10. The zero-order valence-corrected chi connectivity index (χ0v) is 15.3. The van der Waals surface area contributed by atoms with Gasteiger partial charge in [-0.25, -0.2) is 4.39 Å². The van der Waals surface area contributed by atoms with E-state index in [0.717, 1.165) is 6.07 Å². The molecule has 27 heavy (non-hydrogen) atoms. The van der Waals surface area contributed by atoms with E-state index < -0.39 is 23.8 Å². The molecular weight excluding hydrogens is 377 g/mol. The highest BCUT2D eigenvalue weighted by molar-refractivity contribution is 6.32. The number of rotatable bonds is 9. The molecule has 0 aliphatic rings. The smallest absolute Gasteiger partial charge is 0.303 e. The highest BCUT2D eigenvalue weighted by atomic mass is 35.5. The largest absolute Gasteiger partial charge is 0.494 e. The van der Waals surface area contributed by atoms with Crippen molar-refractivity contribution in [1.29, 1.82) is 0 Å². The van der Waals surface area contributed by atoms with Crippen molar-refractivity contribution in [2.24, 2.45) is 0 Å². The van der Waals surface area contributed by atoms with Gasteiger partial charge in [0.15, 0.2) is 6.10 Å². The van der Waals surface area contributed by atoms with Crippen LogP contribution in [-0.2, 0) is 9.59 Å². The molecule has 2 aromatic carbocycles. The summed E-state index contributed by atoms with van der Waals surface area (Å²) in [6, 6.07) is 10.3. The predicted octanol–water partition coefficient (Wildman–Crippen LogP) is 4.13. The Hall–Kier alpha value is -2.80. The maximum atomic E-state index is 13.0. The van der Waals surface area contributed by atoms with Crippen molar-refractivity contribution in [3.05, 3.63) is 53.3 Å². The minimum atomic E-state index is -0.866. The summed E-state index contributed by atoms with van der Waals surface area (Å²) in [5, 5.41) is 11.3. The van der Waals surface area contributed by atoms with Crippen LogP contribution in [0.2, 0.25) is 5.02 Å². The van der Waals surface area contributed by atoms with Crippen molar-refractivity contribution in [3.8, 4) is 11.5 Å². The van der Waals surface area contributed by atoms with Gasteiger partial charge in [-0.15, -0.1) is 0 Å². The van der Waals surface area contributed by atoms with Crippen molar-refractivity contribution in [1.82, 2.24) is 0 Å². The molecule has 8 heteroatoms. The number of ether oxygens (including phenoxy) is 2. The molecule has 6 nitrogen and oxygen atoms in total. The van der Waals surface area contributed by atoms with Gasteiger partial charge in [0.1, 0.15) is 17.3 Å². The summed E-state index contributed by atoms with van der Waals surface area (Å²) < 4.78 is 23.9. The van der Waals surface area contributed by atoms with E-state index in [9.17, 15) is 14.0 Å². The molecule has 0 aliphatic carbocycles. The lowest BCUT2D eigenvalue weighted by Gasteiger charge is -2.16. The fraction of sp³-hybridized carbons (Fsp3) is 0.263. The van der Waals surface area contributed by atoms with Crippen LogP contribution in [0, 0.1) is 5.82 Å². The molecule has 0 heterocycles. The van der Waals surface area contributed by atoms with Gasteiger partial charge in [0.05, 0.1) is 11.6 Å². The number of carbonyl (C=O) groups is 2. The monoisotopic (exact) mass is 395 g/mol. The number of hydrogen-bond donors (Lipinski definition) is 2. The maximum absolute atomic E-state index is 13.0. The van der Waals surface area contributed by atoms with Gasteiger partial charge in [-0.1, -0.05) is 11.6 Å². The normalized spacial score (nSPS) is 11.5. The van der Waals surface area contributed by atoms with Gasteiger partial charge in [0, 0.05) is 12.1 Å². The Balaban J connectivity index is 1.84. The lowest BCUT2D eigenvalue weighted by atomic mass is 10.2. The number of carboxylic acids is 1. The highest BCUT2D eigenvalue weighted by Crippen LogP contribution is 2.26. The zero-order chi connectivity index (χ0) is 19.8. The van der Waals surface area contributed by atoms with E-state index >= 15 is 0 Å². The van der Waals surface area contributed by atoms with Crippen LogP contribution in [0.4, 0.5) is 10.1 Å². The molecule has 1 amide bonds. The van der Waals surface area contributed by atoms with Gasteiger partial charge < -0.3 is 19.9 Å². The summed E-state index contributed by atoms with van der Waals surface area (Å²) in [7, 11) is 0. The summed E-state index contributed by atoms with van der Waals surface area (Å²) in [4.78, 5) is 22.6. The summed E-state index contributed by atoms with van der Waals surface area (Å²) in [5.74, 6) is -0.971. The second kappa shape index (κ2) is 9.78. The molecule has 1 unspecified atom stereocenters. The average molecular weight is 396 g/mol. The molecule has 0 saturated heterocycles. The summed E-state index contributed by atoms with van der Waals surface area (Å²) in [6.07, 6.45) is -0.390. The predicted molar refractivity (Wildman–Crippen MR) is 98.9 cm³/mol. The Morgan fingerprint density at radius 1 is 1.22 bits per heavy atom. The number of amides is 1. The minimum absolute atomic E-state index is 0.0457. The SMILES string of the molecule is CC(Oc1ccc(F)cc1Cl)C(=O)Nc1ccc(OCCCC(=O)O)cc1. The Morgan fingerprint density at radius 2 is 1.93 bits per heavy atom. The number of halogens is 2. The summed E-state index contributed by atoms with van der Waals surface area (Å²) >= 11 is 5.88. The Bertz CT molecular complexity index is 797. The molecule has 0 aliphatic heterocycles. The Morgan fingerprint density at radius 3 is 2.56 bits per heavy atom. The Kier molecular flexibility index (Phi) is 7.43. The van der Waals surface area contributed by atoms with Crippen LogP contribution in [0.3, 0.4) is 0 Å². The number of nitrogens with one attached hydrogen (secondary N) is 1.